The molecule has 0 saturated heterocycles. The third-order valence-corrected chi connectivity index (χ3v) is 2.74. The lowest BCUT2D eigenvalue weighted by molar-refractivity contribution is 0.0524. The van der Waals surface area contributed by atoms with Crippen LogP contribution in [0, 0.1) is 0 Å². The Morgan fingerprint density at radius 3 is 2.55 bits per heavy atom. The molecule has 7 nitrogen and oxygen atoms in total. The van der Waals surface area contributed by atoms with E-state index in [2.05, 4.69) is 5.32 Å². The first-order valence-corrected chi connectivity index (χ1v) is 6.93. The molecule has 1 unspecified atom stereocenters. The van der Waals surface area contributed by atoms with Crippen molar-refractivity contribution in [3.05, 3.63) is 17.7 Å². The molecule has 1 aromatic rings. The van der Waals surface area contributed by atoms with E-state index in [-0.39, 0.29) is 29.8 Å². The molecule has 0 aliphatic rings. The standard InChI is InChI=1S/C15H24N2O5/c1-15(2,3)22-14(20)17-8-10(16)5-9-6-11(18)13(19)12(7-9)21-4/h6-7,10,18-19H,5,8,16H2,1-4H3,(H,17,20). The van der Waals surface area contributed by atoms with E-state index in [0.29, 0.717) is 12.0 Å². The largest absolute Gasteiger partial charge is 0.504 e. The Morgan fingerprint density at radius 1 is 1.36 bits per heavy atom. The quantitative estimate of drug-likeness (QED) is 0.613. The molecule has 0 fully saturated rings. The van der Waals surface area contributed by atoms with E-state index in [1.165, 1.54) is 13.2 Å². The number of methoxy groups -OCH3 is 1. The molecule has 0 heterocycles. The number of rotatable bonds is 5. The van der Waals surface area contributed by atoms with Crippen LogP contribution in [0.4, 0.5) is 4.79 Å². The fraction of sp³-hybridized carbons (Fsp3) is 0.533. The van der Waals surface area contributed by atoms with Crippen molar-refractivity contribution in [2.75, 3.05) is 13.7 Å². The van der Waals surface area contributed by atoms with Gasteiger partial charge in [-0.05, 0) is 44.9 Å². The summed E-state index contributed by atoms with van der Waals surface area (Å²) in [5, 5.41) is 21.8. The summed E-state index contributed by atoms with van der Waals surface area (Å²) in [4.78, 5) is 11.5. The van der Waals surface area contributed by atoms with Crippen LogP contribution >= 0.6 is 0 Å². The van der Waals surface area contributed by atoms with Gasteiger partial charge in [0.25, 0.3) is 0 Å². The molecular formula is C15H24N2O5. The number of phenolic OH excluding ortho intramolecular Hbond substituents is 2. The Morgan fingerprint density at radius 2 is 2.00 bits per heavy atom. The number of carbonyl (C=O) groups is 1. The second-order valence-corrected chi connectivity index (χ2v) is 6.01. The fourth-order valence-corrected chi connectivity index (χ4v) is 1.83. The molecule has 0 aliphatic heterocycles. The maximum atomic E-state index is 11.5. The van der Waals surface area contributed by atoms with Crippen LogP contribution in [-0.2, 0) is 11.2 Å². The molecule has 0 aromatic heterocycles. The van der Waals surface area contributed by atoms with Crippen molar-refractivity contribution in [1.82, 2.24) is 5.32 Å². The number of phenols is 2. The Hall–Kier alpha value is -2.15. The van der Waals surface area contributed by atoms with Gasteiger partial charge in [-0.25, -0.2) is 4.79 Å². The molecule has 0 spiro atoms. The van der Waals surface area contributed by atoms with Gasteiger partial charge in [-0.15, -0.1) is 0 Å². The summed E-state index contributed by atoms with van der Waals surface area (Å²) < 4.78 is 10.1. The van der Waals surface area contributed by atoms with E-state index in [0.717, 1.165) is 0 Å². The van der Waals surface area contributed by atoms with Crippen LogP contribution in [0.1, 0.15) is 26.3 Å². The van der Waals surface area contributed by atoms with Gasteiger partial charge in [0.1, 0.15) is 5.60 Å². The maximum absolute atomic E-state index is 11.5. The monoisotopic (exact) mass is 312 g/mol. The minimum Gasteiger partial charge on any atom is -0.504 e. The van der Waals surface area contributed by atoms with Crippen molar-refractivity contribution in [1.29, 1.82) is 0 Å². The summed E-state index contributed by atoms with van der Waals surface area (Å²) in [5.74, 6) is -0.421. The van der Waals surface area contributed by atoms with E-state index >= 15 is 0 Å². The van der Waals surface area contributed by atoms with Crippen molar-refractivity contribution in [3.8, 4) is 17.2 Å². The van der Waals surface area contributed by atoms with Gasteiger partial charge in [0.15, 0.2) is 11.5 Å². The highest BCUT2D eigenvalue weighted by atomic mass is 16.6. The van der Waals surface area contributed by atoms with Crippen molar-refractivity contribution < 1.29 is 24.5 Å². The second kappa shape index (κ2) is 7.22. The average Bonchev–Trinajstić information content (AvgIpc) is 2.38. The number of hydrogen-bond donors (Lipinski definition) is 4. The van der Waals surface area contributed by atoms with E-state index in [9.17, 15) is 15.0 Å². The van der Waals surface area contributed by atoms with Gasteiger partial charge >= 0.3 is 6.09 Å². The van der Waals surface area contributed by atoms with Gasteiger partial charge in [0, 0.05) is 12.6 Å². The number of nitrogens with two attached hydrogens (primary N) is 1. The minimum absolute atomic E-state index is 0.169. The van der Waals surface area contributed by atoms with Gasteiger partial charge in [0.05, 0.1) is 7.11 Å². The number of amides is 1. The molecule has 0 aliphatic carbocycles. The summed E-state index contributed by atoms with van der Waals surface area (Å²) in [7, 11) is 1.39. The van der Waals surface area contributed by atoms with Crippen molar-refractivity contribution in [2.45, 2.75) is 38.8 Å². The highest BCUT2D eigenvalue weighted by Gasteiger charge is 2.17. The molecule has 7 heteroatoms. The first-order valence-electron chi connectivity index (χ1n) is 6.93. The van der Waals surface area contributed by atoms with Crippen LogP contribution in [0.3, 0.4) is 0 Å². The Labute approximate surface area is 130 Å². The lowest BCUT2D eigenvalue weighted by atomic mass is 10.1. The van der Waals surface area contributed by atoms with Crippen LogP contribution in [0.2, 0.25) is 0 Å². The summed E-state index contributed by atoms with van der Waals surface area (Å²) in [6, 6.07) is 2.62. The smallest absolute Gasteiger partial charge is 0.407 e. The number of benzene rings is 1. The third-order valence-electron chi connectivity index (χ3n) is 2.74. The van der Waals surface area contributed by atoms with Gasteiger partial charge in [-0.2, -0.15) is 0 Å². The molecule has 1 rings (SSSR count). The molecule has 1 atom stereocenters. The fourth-order valence-electron chi connectivity index (χ4n) is 1.83. The van der Waals surface area contributed by atoms with E-state index in [1.54, 1.807) is 26.8 Å². The molecule has 1 aromatic carbocycles. The molecule has 5 N–H and O–H groups in total. The molecule has 0 saturated carbocycles. The van der Waals surface area contributed by atoms with Gasteiger partial charge in [-0.1, -0.05) is 0 Å². The Kier molecular flexibility index (Phi) is 5.87. The number of hydrogen-bond acceptors (Lipinski definition) is 6. The van der Waals surface area contributed by atoms with E-state index in [4.69, 9.17) is 15.2 Å². The topological polar surface area (TPSA) is 114 Å². The van der Waals surface area contributed by atoms with Crippen molar-refractivity contribution >= 4 is 6.09 Å². The van der Waals surface area contributed by atoms with Crippen LogP contribution < -0.4 is 15.8 Å². The molecule has 0 bridgehead atoms. The van der Waals surface area contributed by atoms with Gasteiger partial charge in [0.2, 0.25) is 5.75 Å². The van der Waals surface area contributed by atoms with Crippen LogP contribution in [0.25, 0.3) is 0 Å². The number of carbonyl (C=O) groups excluding carboxylic acids is 1. The predicted octanol–water partition coefficient (Wildman–Crippen LogP) is 1.50. The highest BCUT2D eigenvalue weighted by Crippen LogP contribution is 2.36. The molecule has 0 radical (unpaired) electrons. The second-order valence-electron chi connectivity index (χ2n) is 6.01. The normalized spacial score (nSPS) is 12.6. The number of alkyl carbamates (subject to hydrolysis) is 1. The van der Waals surface area contributed by atoms with Crippen molar-refractivity contribution in [3.63, 3.8) is 0 Å². The van der Waals surface area contributed by atoms with Crippen LogP contribution in [-0.4, -0.2) is 41.6 Å². The van der Waals surface area contributed by atoms with Crippen LogP contribution in [0.15, 0.2) is 12.1 Å². The zero-order valence-corrected chi connectivity index (χ0v) is 13.3. The van der Waals surface area contributed by atoms with Crippen LogP contribution in [0.5, 0.6) is 17.2 Å². The minimum atomic E-state index is -0.565. The lowest BCUT2D eigenvalue weighted by Gasteiger charge is -2.21. The van der Waals surface area contributed by atoms with Gasteiger partial charge in [-0.3, -0.25) is 0 Å². The maximum Gasteiger partial charge on any atom is 0.407 e. The first kappa shape index (κ1) is 17.9. The highest BCUT2D eigenvalue weighted by molar-refractivity contribution is 5.67. The van der Waals surface area contributed by atoms with E-state index < -0.39 is 11.7 Å². The number of nitrogens with one attached hydrogen (secondary N) is 1. The summed E-state index contributed by atoms with van der Waals surface area (Å²) >= 11 is 0. The summed E-state index contributed by atoms with van der Waals surface area (Å²) in [5.41, 5.74) is 6.06. The zero-order valence-electron chi connectivity index (χ0n) is 13.3. The molecular weight excluding hydrogens is 288 g/mol. The first-order chi connectivity index (χ1) is 10.1. The average molecular weight is 312 g/mol. The number of ether oxygens (including phenoxy) is 2. The predicted molar refractivity (Wildman–Crippen MR) is 82.2 cm³/mol. The Balaban J connectivity index is 2.57. The van der Waals surface area contributed by atoms with Gasteiger partial charge < -0.3 is 30.7 Å². The molecule has 22 heavy (non-hydrogen) atoms. The zero-order chi connectivity index (χ0) is 16.9. The molecule has 124 valence electrons. The SMILES string of the molecule is COc1cc(CC(N)CNC(=O)OC(C)(C)C)cc(O)c1O. The van der Waals surface area contributed by atoms with Crippen molar-refractivity contribution in [2.24, 2.45) is 5.73 Å². The third kappa shape index (κ3) is 5.69. The van der Waals surface area contributed by atoms with E-state index in [1.807, 2.05) is 0 Å². The molecule has 1 amide bonds. The lowest BCUT2D eigenvalue weighted by Crippen LogP contribution is -2.41. The number of aromatic hydroxyl groups is 2. The summed E-state index contributed by atoms with van der Waals surface area (Å²) in [6.45, 7) is 5.55. The Bertz CT molecular complexity index is 525. The summed E-state index contributed by atoms with van der Waals surface area (Å²) in [6.07, 6.45) is -0.144.